The van der Waals surface area contributed by atoms with Gasteiger partial charge in [-0.25, -0.2) is 4.79 Å². The molecule has 30 heavy (non-hydrogen) atoms. The molecule has 1 atom stereocenters. The molecule has 1 saturated carbocycles. The highest BCUT2D eigenvalue weighted by Crippen LogP contribution is 2.46. The zero-order chi connectivity index (χ0) is 20.5. The van der Waals surface area contributed by atoms with E-state index in [9.17, 15) is 9.59 Å². The fraction of sp³-hybridized carbons (Fsp3) is 0.391. The average Bonchev–Trinajstić information content (AvgIpc) is 3.12. The standard InChI is InChI=1S/C23H23N3O4/c1-14-18-8-15(29-16-9-23(10-16)11-24-12-23)6-7-17(18)21(27)25(14)13-26-19-4-2-3-5-20(19)30-22(26)28/h2-8,14,16,24H,9-13H2,1H3. The third-order valence-electron chi connectivity index (χ3n) is 6.92. The largest absolute Gasteiger partial charge is 0.490 e. The highest BCUT2D eigenvalue weighted by molar-refractivity contribution is 5.99. The van der Waals surface area contributed by atoms with Gasteiger partial charge in [-0.15, -0.1) is 0 Å². The quantitative estimate of drug-likeness (QED) is 0.722. The molecule has 7 nitrogen and oxygen atoms in total. The van der Waals surface area contributed by atoms with E-state index >= 15 is 0 Å². The molecule has 1 unspecified atom stereocenters. The fourth-order valence-corrected chi connectivity index (χ4v) is 5.09. The van der Waals surface area contributed by atoms with Crippen molar-refractivity contribution < 1.29 is 13.9 Å². The van der Waals surface area contributed by atoms with Crippen molar-refractivity contribution in [2.24, 2.45) is 5.41 Å². The number of hydrogen-bond acceptors (Lipinski definition) is 5. The first kappa shape index (κ1) is 17.8. The predicted molar refractivity (Wildman–Crippen MR) is 110 cm³/mol. The van der Waals surface area contributed by atoms with E-state index in [2.05, 4.69) is 5.32 Å². The number of nitrogens with one attached hydrogen (secondary N) is 1. The van der Waals surface area contributed by atoms with Gasteiger partial charge in [0.05, 0.1) is 17.7 Å². The number of fused-ring (bicyclic) bond motifs is 2. The third kappa shape index (κ3) is 2.55. The van der Waals surface area contributed by atoms with Crippen molar-refractivity contribution in [3.63, 3.8) is 0 Å². The maximum atomic E-state index is 13.0. The van der Waals surface area contributed by atoms with Crippen molar-refractivity contribution in [2.45, 2.75) is 38.6 Å². The van der Waals surface area contributed by atoms with Gasteiger partial charge in [0.15, 0.2) is 5.58 Å². The molecule has 1 spiro atoms. The van der Waals surface area contributed by atoms with Gasteiger partial charge < -0.3 is 19.4 Å². The minimum absolute atomic E-state index is 0.0793. The van der Waals surface area contributed by atoms with Gasteiger partial charge in [0.25, 0.3) is 5.91 Å². The summed E-state index contributed by atoms with van der Waals surface area (Å²) in [6.45, 7) is 4.33. The van der Waals surface area contributed by atoms with E-state index in [-0.39, 0.29) is 24.7 Å². The van der Waals surface area contributed by atoms with Crippen molar-refractivity contribution in [1.82, 2.24) is 14.8 Å². The Bertz CT molecular complexity index is 1210. The Morgan fingerprint density at radius 1 is 1.17 bits per heavy atom. The highest BCUT2D eigenvalue weighted by atomic mass is 16.5. The number of ether oxygens (including phenoxy) is 1. The van der Waals surface area contributed by atoms with Crippen LogP contribution in [-0.2, 0) is 6.67 Å². The second-order valence-electron chi connectivity index (χ2n) is 8.86. The van der Waals surface area contributed by atoms with Gasteiger partial charge in [0, 0.05) is 24.1 Å². The lowest BCUT2D eigenvalue weighted by Gasteiger charge is -2.53. The third-order valence-corrected chi connectivity index (χ3v) is 6.92. The summed E-state index contributed by atoms with van der Waals surface area (Å²) in [5.74, 6) is 0.276. The molecule has 1 aromatic heterocycles. The maximum Gasteiger partial charge on any atom is 0.421 e. The average molecular weight is 405 g/mol. The minimum Gasteiger partial charge on any atom is -0.490 e. The summed E-state index contributed by atoms with van der Waals surface area (Å²) < 4.78 is 13.0. The lowest BCUT2D eigenvalue weighted by molar-refractivity contribution is -0.0495. The fourth-order valence-electron chi connectivity index (χ4n) is 5.09. The van der Waals surface area contributed by atoms with Crippen LogP contribution in [0.4, 0.5) is 0 Å². The molecular weight excluding hydrogens is 382 g/mol. The molecule has 1 saturated heterocycles. The van der Waals surface area contributed by atoms with E-state index < -0.39 is 5.76 Å². The second-order valence-corrected chi connectivity index (χ2v) is 8.86. The molecule has 2 aliphatic heterocycles. The number of carbonyl (C=O) groups excluding carboxylic acids is 1. The zero-order valence-electron chi connectivity index (χ0n) is 16.8. The van der Waals surface area contributed by atoms with Crippen LogP contribution in [0.1, 0.15) is 41.7 Å². The van der Waals surface area contributed by atoms with Gasteiger partial charge in [0.1, 0.15) is 12.4 Å². The lowest BCUT2D eigenvalue weighted by atomic mass is 9.63. The number of benzene rings is 2. The lowest BCUT2D eigenvalue weighted by Crippen LogP contribution is -2.62. The van der Waals surface area contributed by atoms with Crippen LogP contribution >= 0.6 is 0 Å². The molecular formula is C23H23N3O4. The summed E-state index contributed by atoms with van der Waals surface area (Å²) in [5.41, 5.74) is 3.28. The van der Waals surface area contributed by atoms with E-state index in [1.807, 2.05) is 43.3 Å². The summed E-state index contributed by atoms with van der Waals surface area (Å²) in [6.07, 6.45) is 2.44. The Labute approximate surface area is 173 Å². The van der Waals surface area contributed by atoms with Crippen LogP contribution in [-0.4, -0.2) is 34.6 Å². The number of amides is 1. The summed E-state index contributed by atoms with van der Waals surface area (Å²) in [4.78, 5) is 27.1. The molecule has 3 heterocycles. The van der Waals surface area contributed by atoms with Crippen molar-refractivity contribution in [3.8, 4) is 5.75 Å². The van der Waals surface area contributed by atoms with Gasteiger partial charge in [-0.05, 0) is 55.7 Å². The number of aromatic nitrogens is 1. The van der Waals surface area contributed by atoms with E-state index in [0.717, 1.165) is 37.2 Å². The second kappa shape index (κ2) is 6.22. The van der Waals surface area contributed by atoms with Crippen LogP contribution in [0.2, 0.25) is 0 Å². The topological polar surface area (TPSA) is 76.7 Å². The molecule has 2 aromatic carbocycles. The van der Waals surface area contributed by atoms with Gasteiger partial charge in [-0.1, -0.05) is 12.1 Å². The van der Waals surface area contributed by atoms with Crippen LogP contribution < -0.4 is 15.8 Å². The molecule has 6 rings (SSSR count). The summed E-state index contributed by atoms with van der Waals surface area (Å²) in [7, 11) is 0. The molecule has 1 N–H and O–H groups in total. The Hall–Kier alpha value is -3.06. The van der Waals surface area contributed by atoms with Gasteiger partial charge >= 0.3 is 5.76 Å². The SMILES string of the molecule is CC1c2cc(OC3CC4(CNC4)C3)ccc2C(=O)N1Cn1c(=O)oc2ccccc21. The van der Waals surface area contributed by atoms with Crippen molar-refractivity contribution in [3.05, 3.63) is 64.1 Å². The summed E-state index contributed by atoms with van der Waals surface area (Å²) >= 11 is 0. The Balaban J connectivity index is 1.24. The molecule has 154 valence electrons. The molecule has 7 heteroatoms. The molecule has 0 bridgehead atoms. The predicted octanol–water partition coefficient (Wildman–Crippen LogP) is 2.90. The monoisotopic (exact) mass is 405 g/mol. The van der Waals surface area contributed by atoms with Crippen LogP contribution in [0, 0.1) is 5.41 Å². The Morgan fingerprint density at radius 3 is 2.73 bits per heavy atom. The molecule has 1 aliphatic carbocycles. The maximum absolute atomic E-state index is 13.0. The normalized spacial score (nSPS) is 22.2. The molecule has 3 aromatic rings. The van der Waals surface area contributed by atoms with Crippen LogP contribution in [0.25, 0.3) is 11.1 Å². The number of carbonyl (C=O) groups is 1. The van der Waals surface area contributed by atoms with Crippen molar-refractivity contribution >= 4 is 17.0 Å². The number of oxazole rings is 1. The Morgan fingerprint density at radius 2 is 1.97 bits per heavy atom. The molecule has 0 radical (unpaired) electrons. The van der Waals surface area contributed by atoms with Crippen LogP contribution in [0.5, 0.6) is 5.75 Å². The first-order valence-electron chi connectivity index (χ1n) is 10.4. The minimum atomic E-state index is -0.458. The Kier molecular flexibility index (Phi) is 3.68. The molecule has 3 aliphatic rings. The van der Waals surface area contributed by atoms with Gasteiger partial charge in [-0.3, -0.25) is 9.36 Å². The van der Waals surface area contributed by atoms with Crippen LogP contribution in [0.15, 0.2) is 51.7 Å². The summed E-state index contributed by atoms with van der Waals surface area (Å²) in [5, 5.41) is 3.34. The van der Waals surface area contributed by atoms with E-state index in [1.54, 1.807) is 11.0 Å². The van der Waals surface area contributed by atoms with Gasteiger partial charge in [0.2, 0.25) is 0 Å². The first-order chi connectivity index (χ1) is 14.5. The highest BCUT2D eigenvalue weighted by Gasteiger charge is 2.49. The van der Waals surface area contributed by atoms with Crippen LogP contribution in [0.3, 0.4) is 0 Å². The smallest absolute Gasteiger partial charge is 0.421 e. The first-order valence-corrected chi connectivity index (χ1v) is 10.4. The van der Waals surface area contributed by atoms with Crippen molar-refractivity contribution in [1.29, 1.82) is 0 Å². The summed E-state index contributed by atoms with van der Waals surface area (Å²) in [6, 6.07) is 12.8. The number of nitrogens with zero attached hydrogens (tertiary/aromatic N) is 2. The molecule has 2 fully saturated rings. The molecule has 1 amide bonds. The van der Waals surface area contributed by atoms with Gasteiger partial charge in [-0.2, -0.15) is 0 Å². The van der Waals surface area contributed by atoms with Crippen molar-refractivity contribution in [2.75, 3.05) is 13.1 Å². The van der Waals surface area contributed by atoms with E-state index in [0.29, 0.717) is 22.1 Å². The van der Waals surface area contributed by atoms with E-state index in [4.69, 9.17) is 9.15 Å². The zero-order valence-corrected chi connectivity index (χ0v) is 16.8. The number of rotatable bonds is 4. The van der Waals surface area contributed by atoms with E-state index in [1.165, 1.54) is 4.57 Å². The number of hydrogen-bond donors (Lipinski definition) is 1. The number of para-hydroxylation sites is 2.